The maximum absolute atomic E-state index is 10.8. The molecular weight excluding hydrogens is 196 g/mol. The molecule has 1 heterocycles. The smallest absolute Gasteiger partial charge is 0.231 e. The Morgan fingerprint density at radius 2 is 2.20 bits per heavy atom. The van der Waals surface area contributed by atoms with Crippen LogP contribution in [0.1, 0.15) is 25.0 Å². The highest BCUT2D eigenvalue weighted by Crippen LogP contribution is 2.34. The van der Waals surface area contributed by atoms with E-state index in [1.807, 2.05) is 0 Å². The third-order valence-electron chi connectivity index (χ3n) is 2.26. The van der Waals surface area contributed by atoms with E-state index in [2.05, 4.69) is 0 Å². The zero-order valence-corrected chi connectivity index (χ0v) is 8.40. The monoisotopic (exact) mass is 208 g/mol. The van der Waals surface area contributed by atoms with E-state index in [-0.39, 0.29) is 19.0 Å². The molecule has 0 aromatic heterocycles. The minimum absolute atomic E-state index is 0.0415. The molecule has 2 rings (SSSR count). The summed E-state index contributed by atoms with van der Waals surface area (Å²) in [6.45, 7) is 1.66. The summed E-state index contributed by atoms with van der Waals surface area (Å²) in [7, 11) is 0. The van der Waals surface area contributed by atoms with Gasteiger partial charge in [0.25, 0.3) is 0 Å². The highest BCUT2D eigenvalue weighted by atomic mass is 16.7. The predicted octanol–water partition coefficient (Wildman–Crippen LogP) is 1.43. The maximum Gasteiger partial charge on any atom is 0.231 e. The van der Waals surface area contributed by atoms with E-state index < -0.39 is 6.10 Å². The van der Waals surface area contributed by atoms with Crippen LogP contribution in [0.3, 0.4) is 0 Å². The molecule has 1 aromatic carbocycles. The molecule has 0 fully saturated rings. The molecule has 0 spiro atoms. The Labute approximate surface area is 87.4 Å². The fourth-order valence-corrected chi connectivity index (χ4v) is 1.51. The van der Waals surface area contributed by atoms with Crippen LogP contribution in [0, 0.1) is 0 Å². The van der Waals surface area contributed by atoms with Gasteiger partial charge >= 0.3 is 0 Å². The number of benzene rings is 1. The van der Waals surface area contributed by atoms with E-state index in [4.69, 9.17) is 9.47 Å². The van der Waals surface area contributed by atoms with Crippen molar-refractivity contribution < 1.29 is 19.4 Å². The van der Waals surface area contributed by atoms with Gasteiger partial charge in [0.15, 0.2) is 11.5 Å². The SMILES string of the molecule is CC(=O)CC(O)c1ccc2c(c1)OCO2. The molecule has 4 heteroatoms. The fraction of sp³-hybridized carbons (Fsp3) is 0.364. The second kappa shape index (κ2) is 3.90. The highest BCUT2D eigenvalue weighted by molar-refractivity contribution is 5.76. The Morgan fingerprint density at radius 1 is 1.47 bits per heavy atom. The molecule has 15 heavy (non-hydrogen) atoms. The van der Waals surface area contributed by atoms with E-state index in [0.29, 0.717) is 17.1 Å². The molecule has 4 nitrogen and oxygen atoms in total. The van der Waals surface area contributed by atoms with Crippen LogP contribution in [0.4, 0.5) is 0 Å². The van der Waals surface area contributed by atoms with Gasteiger partial charge in [0, 0.05) is 6.42 Å². The predicted molar refractivity (Wildman–Crippen MR) is 52.8 cm³/mol. The number of hydrogen-bond acceptors (Lipinski definition) is 4. The van der Waals surface area contributed by atoms with Crippen LogP contribution in [0.25, 0.3) is 0 Å². The van der Waals surface area contributed by atoms with Crippen molar-refractivity contribution in [3.63, 3.8) is 0 Å². The van der Waals surface area contributed by atoms with E-state index in [1.165, 1.54) is 6.92 Å². The van der Waals surface area contributed by atoms with Crippen molar-refractivity contribution in [3.8, 4) is 11.5 Å². The molecule has 1 aliphatic heterocycles. The zero-order chi connectivity index (χ0) is 10.8. The first kappa shape index (κ1) is 9.98. The molecule has 0 saturated carbocycles. The van der Waals surface area contributed by atoms with Crippen molar-refractivity contribution in [2.75, 3.05) is 6.79 Å². The van der Waals surface area contributed by atoms with Gasteiger partial charge in [-0.3, -0.25) is 4.79 Å². The van der Waals surface area contributed by atoms with E-state index in [9.17, 15) is 9.90 Å². The van der Waals surface area contributed by atoms with Gasteiger partial charge in [-0.1, -0.05) is 6.07 Å². The number of carbonyl (C=O) groups is 1. The number of ketones is 1. The lowest BCUT2D eigenvalue weighted by atomic mass is 10.0. The van der Waals surface area contributed by atoms with Gasteiger partial charge in [-0.15, -0.1) is 0 Å². The largest absolute Gasteiger partial charge is 0.454 e. The van der Waals surface area contributed by atoms with Gasteiger partial charge in [0.1, 0.15) is 5.78 Å². The molecule has 1 aliphatic rings. The van der Waals surface area contributed by atoms with E-state index in [1.54, 1.807) is 18.2 Å². The van der Waals surface area contributed by atoms with Crippen molar-refractivity contribution in [1.29, 1.82) is 0 Å². The summed E-state index contributed by atoms with van der Waals surface area (Å²) in [5, 5.41) is 9.70. The molecule has 0 aliphatic carbocycles. The van der Waals surface area contributed by atoms with Gasteiger partial charge < -0.3 is 14.6 Å². The quantitative estimate of drug-likeness (QED) is 0.816. The number of aliphatic hydroxyl groups is 1. The third kappa shape index (κ3) is 2.10. The summed E-state index contributed by atoms with van der Waals surface area (Å²) < 4.78 is 10.3. The number of ether oxygens (including phenoxy) is 2. The number of Topliss-reactive ketones (excluding diaryl/α,β-unsaturated/α-hetero) is 1. The average molecular weight is 208 g/mol. The fourth-order valence-electron chi connectivity index (χ4n) is 1.51. The summed E-state index contributed by atoms with van der Waals surface area (Å²) >= 11 is 0. The van der Waals surface area contributed by atoms with Gasteiger partial charge in [-0.2, -0.15) is 0 Å². The first-order chi connectivity index (χ1) is 7.16. The Kier molecular flexibility index (Phi) is 2.60. The topological polar surface area (TPSA) is 55.8 Å². The minimum Gasteiger partial charge on any atom is -0.454 e. The summed E-state index contributed by atoms with van der Waals surface area (Å²) in [5.74, 6) is 1.25. The minimum atomic E-state index is -0.767. The van der Waals surface area contributed by atoms with Gasteiger partial charge in [-0.05, 0) is 24.6 Å². The normalized spacial score (nSPS) is 15.1. The molecular formula is C11H12O4. The van der Waals surface area contributed by atoms with Crippen molar-refractivity contribution in [2.45, 2.75) is 19.4 Å². The molecule has 1 atom stereocenters. The van der Waals surface area contributed by atoms with Crippen LogP contribution < -0.4 is 9.47 Å². The molecule has 0 saturated heterocycles. The van der Waals surface area contributed by atoms with Crippen LogP contribution in [0.15, 0.2) is 18.2 Å². The van der Waals surface area contributed by atoms with Crippen molar-refractivity contribution in [2.24, 2.45) is 0 Å². The highest BCUT2D eigenvalue weighted by Gasteiger charge is 2.17. The molecule has 1 N–H and O–H groups in total. The standard InChI is InChI=1S/C11H12O4/c1-7(12)4-9(13)8-2-3-10-11(5-8)15-6-14-10/h2-3,5,9,13H,4,6H2,1H3. The second-order valence-corrected chi connectivity index (χ2v) is 3.53. The zero-order valence-electron chi connectivity index (χ0n) is 8.40. The summed E-state index contributed by atoms with van der Waals surface area (Å²) in [6, 6.07) is 5.18. The van der Waals surface area contributed by atoms with Crippen LogP contribution in [0.5, 0.6) is 11.5 Å². The molecule has 80 valence electrons. The lowest BCUT2D eigenvalue weighted by molar-refractivity contribution is -0.118. The van der Waals surface area contributed by atoms with Crippen molar-refractivity contribution >= 4 is 5.78 Å². The molecule has 1 aromatic rings. The van der Waals surface area contributed by atoms with Crippen LogP contribution >= 0.6 is 0 Å². The number of hydrogen-bond donors (Lipinski definition) is 1. The van der Waals surface area contributed by atoms with Gasteiger partial charge in [-0.25, -0.2) is 0 Å². The summed E-state index contributed by atoms with van der Waals surface area (Å²) in [6.07, 6.45) is -0.642. The first-order valence-corrected chi connectivity index (χ1v) is 4.74. The van der Waals surface area contributed by atoms with E-state index >= 15 is 0 Å². The molecule has 0 amide bonds. The lowest BCUT2D eigenvalue weighted by Gasteiger charge is -2.09. The Bertz CT molecular complexity index is 386. The summed E-state index contributed by atoms with van der Waals surface area (Å²) in [5.41, 5.74) is 0.675. The summed E-state index contributed by atoms with van der Waals surface area (Å²) in [4.78, 5) is 10.8. The average Bonchev–Trinajstić information content (AvgIpc) is 2.62. The number of rotatable bonds is 3. The third-order valence-corrected chi connectivity index (χ3v) is 2.26. The van der Waals surface area contributed by atoms with Crippen molar-refractivity contribution in [1.82, 2.24) is 0 Å². The number of carbonyl (C=O) groups excluding carboxylic acids is 1. The molecule has 0 bridgehead atoms. The Hall–Kier alpha value is -1.55. The van der Waals surface area contributed by atoms with Crippen LogP contribution in [-0.4, -0.2) is 17.7 Å². The second-order valence-electron chi connectivity index (χ2n) is 3.53. The Morgan fingerprint density at radius 3 is 2.93 bits per heavy atom. The van der Waals surface area contributed by atoms with Gasteiger partial charge in [0.05, 0.1) is 6.10 Å². The number of fused-ring (bicyclic) bond motifs is 1. The Balaban J connectivity index is 2.19. The molecule has 0 radical (unpaired) electrons. The molecule has 1 unspecified atom stereocenters. The first-order valence-electron chi connectivity index (χ1n) is 4.74. The van der Waals surface area contributed by atoms with Crippen LogP contribution in [0.2, 0.25) is 0 Å². The maximum atomic E-state index is 10.8. The number of aliphatic hydroxyl groups excluding tert-OH is 1. The lowest BCUT2D eigenvalue weighted by Crippen LogP contribution is -2.02. The van der Waals surface area contributed by atoms with Crippen LogP contribution in [-0.2, 0) is 4.79 Å². The van der Waals surface area contributed by atoms with Gasteiger partial charge in [0.2, 0.25) is 6.79 Å². The van der Waals surface area contributed by atoms with Crippen molar-refractivity contribution in [3.05, 3.63) is 23.8 Å². The van der Waals surface area contributed by atoms with E-state index in [0.717, 1.165) is 0 Å².